The summed E-state index contributed by atoms with van der Waals surface area (Å²) in [5, 5.41) is 3.10. The van der Waals surface area contributed by atoms with Crippen LogP contribution >= 0.6 is 0 Å². The van der Waals surface area contributed by atoms with Gasteiger partial charge in [-0.1, -0.05) is 13.3 Å². The Labute approximate surface area is 111 Å². The monoisotopic (exact) mass is 253 g/mol. The van der Waals surface area contributed by atoms with Crippen molar-refractivity contribution in [3.05, 3.63) is 0 Å². The second kappa shape index (κ2) is 6.53. The van der Waals surface area contributed by atoms with Gasteiger partial charge in [0, 0.05) is 32.2 Å². The number of amides is 1. The number of hydrogen-bond acceptors (Lipinski definition) is 3. The maximum Gasteiger partial charge on any atom is 0.237 e. The van der Waals surface area contributed by atoms with E-state index < -0.39 is 0 Å². The highest BCUT2D eigenvalue weighted by Crippen LogP contribution is 2.19. The molecule has 1 atom stereocenters. The fourth-order valence-corrected chi connectivity index (χ4v) is 2.47. The SMILES string of the molecule is CCCCN1CCN([C@@H](C)C(=O)NC2CC2)CC1. The van der Waals surface area contributed by atoms with Crippen molar-refractivity contribution in [1.82, 2.24) is 15.1 Å². The summed E-state index contributed by atoms with van der Waals surface area (Å²) in [5.74, 6) is 0.222. The maximum absolute atomic E-state index is 12.0. The minimum atomic E-state index is 0.0407. The van der Waals surface area contributed by atoms with Crippen molar-refractivity contribution in [2.45, 2.75) is 51.6 Å². The molecule has 0 bridgehead atoms. The molecule has 1 heterocycles. The molecular formula is C14H27N3O. The zero-order valence-electron chi connectivity index (χ0n) is 11.8. The van der Waals surface area contributed by atoms with Gasteiger partial charge >= 0.3 is 0 Å². The molecule has 18 heavy (non-hydrogen) atoms. The van der Waals surface area contributed by atoms with E-state index in [1.807, 2.05) is 6.92 Å². The molecule has 0 radical (unpaired) electrons. The topological polar surface area (TPSA) is 35.6 Å². The van der Waals surface area contributed by atoms with E-state index in [1.54, 1.807) is 0 Å². The van der Waals surface area contributed by atoms with Crippen LogP contribution in [0.1, 0.15) is 39.5 Å². The summed E-state index contributed by atoms with van der Waals surface area (Å²) in [4.78, 5) is 16.8. The number of nitrogens with zero attached hydrogens (tertiary/aromatic N) is 2. The zero-order chi connectivity index (χ0) is 13.0. The van der Waals surface area contributed by atoms with Gasteiger partial charge in [-0.05, 0) is 32.7 Å². The van der Waals surface area contributed by atoms with Crippen LogP contribution in [0.15, 0.2) is 0 Å². The number of hydrogen-bond donors (Lipinski definition) is 1. The molecule has 0 aromatic heterocycles. The maximum atomic E-state index is 12.0. The van der Waals surface area contributed by atoms with Crippen LogP contribution in [0.2, 0.25) is 0 Å². The first kappa shape index (κ1) is 13.8. The molecule has 2 fully saturated rings. The number of unbranched alkanes of at least 4 members (excludes halogenated alkanes) is 1. The van der Waals surface area contributed by atoms with Gasteiger partial charge in [-0.3, -0.25) is 9.69 Å². The molecule has 1 N–H and O–H groups in total. The molecule has 4 heteroatoms. The Morgan fingerprint density at radius 1 is 1.28 bits per heavy atom. The lowest BCUT2D eigenvalue weighted by Crippen LogP contribution is -2.54. The van der Waals surface area contributed by atoms with E-state index in [9.17, 15) is 4.79 Å². The van der Waals surface area contributed by atoms with Crippen molar-refractivity contribution < 1.29 is 4.79 Å². The number of rotatable bonds is 6. The summed E-state index contributed by atoms with van der Waals surface area (Å²) in [6.07, 6.45) is 4.89. The van der Waals surface area contributed by atoms with Gasteiger partial charge in [-0.15, -0.1) is 0 Å². The second-order valence-electron chi connectivity index (χ2n) is 5.69. The van der Waals surface area contributed by atoms with Gasteiger partial charge in [0.1, 0.15) is 0 Å². The average Bonchev–Trinajstić information content (AvgIpc) is 3.20. The Bertz CT molecular complexity index is 270. The summed E-state index contributed by atoms with van der Waals surface area (Å²) < 4.78 is 0. The van der Waals surface area contributed by atoms with Crippen molar-refractivity contribution in [3.8, 4) is 0 Å². The summed E-state index contributed by atoms with van der Waals surface area (Å²) in [7, 11) is 0. The minimum absolute atomic E-state index is 0.0407. The van der Waals surface area contributed by atoms with Gasteiger partial charge in [0.25, 0.3) is 0 Å². The standard InChI is InChI=1S/C14H27N3O/c1-3-4-7-16-8-10-17(11-9-16)12(2)14(18)15-13-5-6-13/h12-13H,3-11H2,1-2H3,(H,15,18)/t12-/m0/s1. The van der Waals surface area contributed by atoms with Gasteiger partial charge in [0.05, 0.1) is 6.04 Å². The molecule has 0 spiro atoms. The van der Waals surface area contributed by atoms with E-state index in [2.05, 4.69) is 22.0 Å². The first-order chi connectivity index (χ1) is 8.70. The fourth-order valence-electron chi connectivity index (χ4n) is 2.47. The molecule has 1 amide bonds. The average molecular weight is 253 g/mol. The molecule has 0 unspecified atom stereocenters. The van der Waals surface area contributed by atoms with Gasteiger partial charge < -0.3 is 10.2 Å². The molecule has 1 saturated heterocycles. The normalized spacial score (nSPS) is 23.9. The summed E-state index contributed by atoms with van der Waals surface area (Å²) in [5.41, 5.74) is 0. The highest BCUT2D eigenvalue weighted by Gasteiger charge is 2.29. The van der Waals surface area contributed by atoms with Gasteiger partial charge in [-0.25, -0.2) is 0 Å². The molecule has 2 rings (SSSR count). The van der Waals surface area contributed by atoms with E-state index in [-0.39, 0.29) is 11.9 Å². The number of carbonyl (C=O) groups is 1. The number of piperazine rings is 1. The van der Waals surface area contributed by atoms with E-state index >= 15 is 0 Å². The first-order valence-corrected chi connectivity index (χ1v) is 7.47. The molecule has 1 aliphatic heterocycles. The van der Waals surface area contributed by atoms with Crippen molar-refractivity contribution in [3.63, 3.8) is 0 Å². The van der Waals surface area contributed by atoms with Crippen LogP contribution in [0.5, 0.6) is 0 Å². The molecular weight excluding hydrogens is 226 g/mol. The van der Waals surface area contributed by atoms with E-state index in [0.717, 1.165) is 26.2 Å². The predicted octanol–water partition coefficient (Wildman–Crippen LogP) is 1.07. The smallest absolute Gasteiger partial charge is 0.237 e. The van der Waals surface area contributed by atoms with Crippen molar-refractivity contribution in [2.75, 3.05) is 32.7 Å². The Kier molecular flexibility index (Phi) is 5.01. The molecule has 2 aliphatic rings. The Morgan fingerprint density at radius 3 is 2.50 bits per heavy atom. The largest absolute Gasteiger partial charge is 0.352 e. The lowest BCUT2D eigenvalue weighted by atomic mass is 10.2. The third kappa shape index (κ3) is 3.95. The Balaban J connectivity index is 1.69. The highest BCUT2D eigenvalue weighted by molar-refractivity contribution is 5.81. The lowest BCUT2D eigenvalue weighted by molar-refractivity contribution is -0.126. The molecule has 0 aromatic carbocycles. The van der Waals surface area contributed by atoms with Crippen molar-refractivity contribution >= 4 is 5.91 Å². The van der Waals surface area contributed by atoms with Crippen LogP contribution < -0.4 is 5.32 Å². The quantitative estimate of drug-likeness (QED) is 0.769. The Morgan fingerprint density at radius 2 is 1.94 bits per heavy atom. The molecule has 1 saturated carbocycles. The Hall–Kier alpha value is -0.610. The molecule has 0 aromatic rings. The lowest BCUT2D eigenvalue weighted by Gasteiger charge is -2.37. The van der Waals surface area contributed by atoms with Crippen LogP contribution in [0, 0.1) is 0 Å². The summed E-state index contributed by atoms with van der Waals surface area (Å²) in [6, 6.07) is 0.518. The predicted molar refractivity (Wildman–Crippen MR) is 73.5 cm³/mol. The molecule has 104 valence electrons. The third-order valence-electron chi connectivity index (χ3n) is 4.09. The van der Waals surface area contributed by atoms with E-state index in [4.69, 9.17) is 0 Å². The minimum Gasteiger partial charge on any atom is -0.352 e. The van der Waals surface area contributed by atoms with Gasteiger partial charge in [0.15, 0.2) is 0 Å². The molecule has 1 aliphatic carbocycles. The van der Waals surface area contributed by atoms with Crippen LogP contribution in [0.4, 0.5) is 0 Å². The van der Waals surface area contributed by atoms with E-state index in [0.29, 0.717) is 6.04 Å². The van der Waals surface area contributed by atoms with Gasteiger partial charge in [-0.2, -0.15) is 0 Å². The van der Waals surface area contributed by atoms with Crippen molar-refractivity contribution in [1.29, 1.82) is 0 Å². The fraction of sp³-hybridized carbons (Fsp3) is 0.929. The molecule has 4 nitrogen and oxygen atoms in total. The number of nitrogens with one attached hydrogen (secondary N) is 1. The summed E-state index contributed by atoms with van der Waals surface area (Å²) in [6.45, 7) is 9.78. The second-order valence-corrected chi connectivity index (χ2v) is 5.69. The van der Waals surface area contributed by atoms with Gasteiger partial charge in [0.2, 0.25) is 5.91 Å². The van der Waals surface area contributed by atoms with Crippen LogP contribution in [-0.2, 0) is 4.79 Å². The van der Waals surface area contributed by atoms with E-state index in [1.165, 1.54) is 32.2 Å². The summed E-state index contributed by atoms with van der Waals surface area (Å²) >= 11 is 0. The first-order valence-electron chi connectivity index (χ1n) is 7.47. The van der Waals surface area contributed by atoms with Crippen LogP contribution in [-0.4, -0.2) is 60.5 Å². The zero-order valence-corrected chi connectivity index (χ0v) is 11.8. The van der Waals surface area contributed by atoms with Crippen molar-refractivity contribution in [2.24, 2.45) is 0 Å². The number of carbonyl (C=O) groups excluding carboxylic acids is 1. The van der Waals surface area contributed by atoms with Crippen LogP contribution in [0.25, 0.3) is 0 Å². The highest BCUT2D eigenvalue weighted by atomic mass is 16.2. The third-order valence-corrected chi connectivity index (χ3v) is 4.09. The van der Waals surface area contributed by atoms with Crippen LogP contribution in [0.3, 0.4) is 0 Å².